The summed E-state index contributed by atoms with van der Waals surface area (Å²) >= 11 is 0. The molecule has 0 aliphatic heterocycles. The van der Waals surface area contributed by atoms with Gasteiger partial charge in [-0.2, -0.15) is 0 Å². The highest BCUT2D eigenvalue weighted by Gasteiger charge is 2.51. The van der Waals surface area contributed by atoms with Crippen LogP contribution in [0.5, 0.6) is 0 Å². The maximum atomic E-state index is 12.3. The minimum Gasteiger partial charge on any atom is -0.344 e. The fraction of sp³-hybridized carbons (Fsp3) is 0.889. The summed E-state index contributed by atoms with van der Waals surface area (Å²) in [7, 11) is 3.67. The molecule has 0 unspecified atom stereocenters. The van der Waals surface area contributed by atoms with Crippen LogP contribution in [0.25, 0.3) is 0 Å². The molecule has 0 heterocycles. The summed E-state index contributed by atoms with van der Waals surface area (Å²) in [6, 6.07) is -0.0948. The molecule has 0 aromatic carbocycles. The van der Waals surface area contributed by atoms with E-state index in [0.29, 0.717) is 19.5 Å². The van der Waals surface area contributed by atoms with E-state index >= 15 is 0 Å². The first-order valence-corrected chi connectivity index (χ1v) is 9.44. The lowest BCUT2D eigenvalue weighted by Crippen LogP contribution is -2.61. The van der Waals surface area contributed by atoms with Crippen molar-refractivity contribution in [2.75, 3.05) is 33.7 Å². The molecule has 4 aliphatic rings. The van der Waals surface area contributed by atoms with Crippen LogP contribution in [0.3, 0.4) is 0 Å². The van der Waals surface area contributed by atoms with Crippen LogP contribution in [0.1, 0.15) is 44.9 Å². The van der Waals surface area contributed by atoms with Crippen molar-refractivity contribution in [1.29, 1.82) is 0 Å². The van der Waals surface area contributed by atoms with E-state index in [1.165, 1.54) is 19.3 Å². The molecule has 0 saturated heterocycles. The smallest absolute Gasteiger partial charge is 0.315 e. The van der Waals surface area contributed by atoms with Crippen molar-refractivity contribution in [3.05, 3.63) is 0 Å². The van der Waals surface area contributed by atoms with Gasteiger partial charge in [-0.1, -0.05) is 0 Å². The van der Waals surface area contributed by atoms with Crippen molar-refractivity contribution in [3.63, 3.8) is 0 Å². The van der Waals surface area contributed by atoms with Gasteiger partial charge in [0.25, 0.3) is 0 Å². The minimum atomic E-state index is -0.0948. The molecule has 4 fully saturated rings. The summed E-state index contributed by atoms with van der Waals surface area (Å²) in [5.41, 5.74) is 0.0342. The Hall–Kier alpha value is -1.01. The molecule has 3 N–H and O–H groups in total. The zero-order chi connectivity index (χ0) is 17.2. The standard InChI is InChI=1S/C18H32N4O2.ClH/c1-19-5-6-22(2)16(23)3-4-20-17(24)21-18-10-13-7-14(11-18)9-15(8-13)12-18;/h13-15,19H,3-12H2,1-2H3,(H2,20,21,24);1H. The molecule has 4 rings (SSSR count). The number of amides is 3. The van der Waals surface area contributed by atoms with Crippen LogP contribution >= 0.6 is 12.4 Å². The van der Waals surface area contributed by atoms with Gasteiger partial charge in [0.15, 0.2) is 0 Å². The maximum Gasteiger partial charge on any atom is 0.315 e. The minimum absolute atomic E-state index is 0. The third kappa shape index (κ3) is 5.00. The van der Waals surface area contributed by atoms with E-state index < -0.39 is 0 Å². The van der Waals surface area contributed by atoms with Crippen LogP contribution < -0.4 is 16.0 Å². The van der Waals surface area contributed by atoms with Crippen LogP contribution in [0.2, 0.25) is 0 Å². The molecular formula is C18H33ClN4O2. The summed E-state index contributed by atoms with van der Waals surface area (Å²) in [5, 5.41) is 9.19. The topological polar surface area (TPSA) is 73.5 Å². The molecule has 0 aromatic heterocycles. The number of hydrogen-bond donors (Lipinski definition) is 3. The Morgan fingerprint density at radius 2 is 1.60 bits per heavy atom. The van der Waals surface area contributed by atoms with Crippen molar-refractivity contribution < 1.29 is 9.59 Å². The highest BCUT2D eigenvalue weighted by atomic mass is 35.5. The lowest BCUT2D eigenvalue weighted by Gasteiger charge is -2.56. The zero-order valence-electron chi connectivity index (χ0n) is 15.5. The summed E-state index contributed by atoms with van der Waals surface area (Å²) in [5.74, 6) is 2.53. The lowest BCUT2D eigenvalue weighted by molar-refractivity contribution is -0.129. The predicted octanol–water partition coefficient (Wildman–Crippen LogP) is 1.74. The van der Waals surface area contributed by atoms with E-state index in [4.69, 9.17) is 0 Å². The van der Waals surface area contributed by atoms with Gasteiger partial charge < -0.3 is 20.9 Å². The Morgan fingerprint density at radius 1 is 1.04 bits per heavy atom. The van der Waals surface area contributed by atoms with Gasteiger partial charge in [0, 0.05) is 38.6 Å². The van der Waals surface area contributed by atoms with Gasteiger partial charge in [-0.05, 0) is 63.3 Å². The van der Waals surface area contributed by atoms with Crippen LogP contribution in [0.15, 0.2) is 0 Å². The van der Waals surface area contributed by atoms with Crippen LogP contribution in [-0.4, -0.2) is 56.1 Å². The average Bonchev–Trinajstić information content (AvgIpc) is 2.50. The Balaban J connectivity index is 0.00000225. The fourth-order valence-corrected chi connectivity index (χ4v) is 5.43. The van der Waals surface area contributed by atoms with Crippen molar-refractivity contribution in [2.24, 2.45) is 17.8 Å². The quantitative estimate of drug-likeness (QED) is 0.637. The number of hydrogen-bond acceptors (Lipinski definition) is 3. The number of carbonyl (C=O) groups is 2. The summed E-state index contributed by atoms with van der Waals surface area (Å²) in [6.07, 6.45) is 7.92. The number of likely N-dealkylation sites (N-methyl/N-ethyl adjacent to an activating group) is 2. The molecule has 4 bridgehead atoms. The fourth-order valence-electron chi connectivity index (χ4n) is 5.43. The molecule has 0 aromatic rings. The zero-order valence-corrected chi connectivity index (χ0v) is 16.3. The van der Waals surface area contributed by atoms with E-state index in [1.54, 1.807) is 11.9 Å². The Bertz CT molecular complexity index is 450. The first kappa shape index (κ1) is 20.3. The first-order chi connectivity index (χ1) is 11.5. The second-order valence-electron chi connectivity index (χ2n) is 8.25. The average molecular weight is 373 g/mol. The number of urea groups is 1. The Kier molecular flexibility index (Phi) is 6.97. The second kappa shape index (κ2) is 8.58. The monoisotopic (exact) mass is 372 g/mol. The number of carbonyl (C=O) groups excluding carboxylic acids is 2. The largest absolute Gasteiger partial charge is 0.344 e. The van der Waals surface area contributed by atoms with Gasteiger partial charge in [0.2, 0.25) is 5.91 Å². The maximum absolute atomic E-state index is 12.3. The highest BCUT2D eigenvalue weighted by Crippen LogP contribution is 2.55. The molecule has 6 nitrogen and oxygen atoms in total. The van der Waals surface area contributed by atoms with Crippen molar-refractivity contribution >= 4 is 24.3 Å². The lowest BCUT2D eigenvalue weighted by atomic mass is 9.53. The van der Waals surface area contributed by atoms with E-state index in [2.05, 4.69) is 16.0 Å². The third-order valence-electron chi connectivity index (χ3n) is 6.16. The normalized spacial score (nSPS) is 32.0. The van der Waals surface area contributed by atoms with Gasteiger partial charge in [-0.3, -0.25) is 4.79 Å². The van der Waals surface area contributed by atoms with Crippen molar-refractivity contribution in [1.82, 2.24) is 20.9 Å². The van der Waals surface area contributed by atoms with Gasteiger partial charge >= 0.3 is 6.03 Å². The van der Waals surface area contributed by atoms with Crippen LogP contribution in [-0.2, 0) is 4.79 Å². The SMILES string of the molecule is CNCCN(C)C(=O)CCNC(=O)NC12CC3CC(CC(C3)C1)C2.Cl. The molecule has 144 valence electrons. The van der Waals surface area contributed by atoms with Crippen LogP contribution in [0, 0.1) is 17.8 Å². The molecule has 0 atom stereocenters. The molecule has 4 saturated carbocycles. The van der Waals surface area contributed by atoms with Gasteiger partial charge in [-0.15, -0.1) is 12.4 Å². The molecule has 0 spiro atoms. The predicted molar refractivity (Wildman–Crippen MR) is 101 cm³/mol. The van der Waals surface area contributed by atoms with Crippen LogP contribution in [0.4, 0.5) is 4.79 Å². The van der Waals surface area contributed by atoms with E-state index in [-0.39, 0.29) is 29.9 Å². The molecular weight excluding hydrogens is 340 g/mol. The van der Waals surface area contributed by atoms with E-state index in [0.717, 1.165) is 43.6 Å². The van der Waals surface area contributed by atoms with Crippen molar-refractivity contribution in [3.8, 4) is 0 Å². The number of rotatable bonds is 7. The summed E-state index contributed by atoms with van der Waals surface area (Å²) in [6.45, 7) is 1.87. The molecule has 0 radical (unpaired) electrons. The molecule has 7 heteroatoms. The highest BCUT2D eigenvalue weighted by molar-refractivity contribution is 5.85. The van der Waals surface area contributed by atoms with Crippen molar-refractivity contribution in [2.45, 2.75) is 50.5 Å². The number of nitrogens with zero attached hydrogens (tertiary/aromatic N) is 1. The molecule has 3 amide bonds. The number of nitrogens with one attached hydrogen (secondary N) is 3. The summed E-state index contributed by atoms with van der Waals surface area (Å²) < 4.78 is 0. The number of halogens is 1. The Morgan fingerprint density at radius 3 is 2.12 bits per heavy atom. The second-order valence-corrected chi connectivity index (χ2v) is 8.25. The third-order valence-corrected chi connectivity index (χ3v) is 6.16. The van der Waals surface area contributed by atoms with E-state index in [9.17, 15) is 9.59 Å². The van der Waals surface area contributed by atoms with E-state index in [1.807, 2.05) is 7.05 Å². The first-order valence-electron chi connectivity index (χ1n) is 9.44. The summed E-state index contributed by atoms with van der Waals surface area (Å²) in [4.78, 5) is 26.0. The molecule has 25 heavy (non-hydrogen) atoms. The van der Waals surface area contributed by atoms with Gasteiger partial charge in [0.1, 0.15) is 0 Å². The molecule has 4 aliphatic carbocycles. The van der Waals surface area contributed by atoms with Gasteiger partial charge in [-0.25, -0.2) is 4.79 Å². The van der Waals surface area contributed by atoms with Gasteiger partial charge in [0.05, 0.1) is 0 Å². The Labute approximate surface area is 157 Å².